The summed E-state index contributed by atoms with van der Waals surface area (Å²) < 4.78 is 0. The van der Waals surface area contributed by atoms with Gasteiger partial charge < -0.3 is 16.0 Å². The standard InChI is InChI=1S/C18H22N4O2/c1-4-19-17(23)14-8-9-15(12(2)11-14)22-18(24)21-13(3)16-7-5-6-10-20-16/h5-11,13H,4H2,1-3H3,(H,19,23)(H2,21,22,24)/t13-/m1/s1. The molecule has 6 heteroatoms. The lowest BCUT2D eigenvalue weighted by molar-refractivity contribution is 0.0955. The number of hydrogen-bond donors (Lipinski definition) is 3. The molecule has 0 fully saturated rings. The molecule has 0 saturated carbocycles. The fourth-order valence-electron chi connectivity index (χ4n) is 2.27. The van der Waals surface area contributed by atoms with E-state index >= 15 is 0 Å². The number of carbonyl (C=O) groups is 2. The van der Waals surface area contributed by atoms with Crippen LogP contribution in [0.2, 0.25) is 0 Å². The van der Waals surface area contributed by atoms with E-state index in [0.29, 0.717) is 17.8 Å². The van der Waals surface area contributed by atoms with Crippen LogP contribution >= 0.6 is 0 Å². The number of aromatic nitrogens is 1. The van der Waals surface area contributed by atoms with Crippen molar-refractivity contribution in [3.63, 3.8) is 0 Å². The summed E-state index contributed by atoms with van der Waals surface area (Å²) >= 11 is 0. The third kappa shape index (κ3) is 4.55. The minimum absolute atomic E-state index is 0.125. The first-order valence-electron chi connectivity index (χ1n) is 7.88. The van der Waals surface area contributed by atoms with Crippen molar-refractivity contribution in [1.29, 1.82) is 0 Å². The number of carbonyl (C=O) groups excluding carboxylic acids is 2. The summed E-state index contributed by atoms with van der Waals surface area (Å²) in [6.45, 7) is 6.16. The van der Waals surface area contributed by atoms with Crippen LogP contribution < -0.4 is 16.0 Å². The number of urea groups is 1. The molecule has 126 valence electrons. The van der Waals surface area contributed by atoms with Crippen LogP contribution in [-0.2, 0) is 0 Å². The number of aryl methyl sites for hydroxylation is 1. The minimum Gasteiger partial charge on any atom is -0.352 e. The predicted molar refractivity (Wildman–Crippen MR) is 94.0 cm³/mol. The second-order valence-electron chi connectivity index (χ2n) is 5.46. The Kier molecular flexibility index (Phi) is 5.89. The number of amides is 3. The van der Waals surface area contributed by atoms with Crippen molar-refractivity contribution in [2.45, 2.75) is 26.8 Å². The van der Waals surface area contributed by atoms with E-state index in [2.05, 4.69) is 20.9 Å². The second kappa shape index (κ2) is 8.10. The Hall–Kier alpha value is -2.89. The molecule has 2 rings (SSSR count). The normalized spacial score (nSPS) is 11.5. The first kappa shape index (κ1) is 17.5. The zero-order chi connectivity index (χ0) is 17.5. The highest BCUT2D eigenvalue weighted by atomic mass is 16.2. The number of nitrogens with one attached hydrogen (secondary N) is 3. The molecule has 1 aromatic carbocycles. The molecule has 0 radical (unpaired) electrons. The lowest BCUT2D eigenvalue weighted by Crippen LogP contribution is -2.31. The fraction of sp³-hybridized carbons (Fsp3) is 0.278. The molecule has 0 unspecified atom stereocenters. The minimum atomic E-state index is -0.318. The Bertz CT molecular complexity index is 716. The molecule has 3 amide bonds. The van der Waals surface area contributed by atoms with Crippen LogP contribution in [0.5, 0.6) is 0 Å². The quantitative estimate of drug-likeness (QED) is 0.790. The summed E-state index contributed by atoms with van der Waals surface area (Å²) in [5.41, 5.74) is 2.84. The molecule has 0 saturated heterocycles. The smallest absolute Gasteiger partial charge is 0.319 e. The summed E-state index contributed by atoms with van der Waals surface area (Å²) in [6.07, 6.45) is 1.69. The number of rotatable bonds is 5. The lowest BCUT2D eigenvalue weighted by atomic mass is 10.1. The van der Waals surface area contributed by atoms with Gasteiger partial charge in [-0.2, -0.15) is 0 Å². The van der Waals surface area contributed by atoms with Crippen LogP contribution in [0.1, 0.15) is 41.5 Å². The molecular weight excluding hydrogens is 304 g/mol. The molecule has 0 spiro atoms. The van der Waals surface area contributed by atoms with E-state index in [1.807, 2.05) is 39.0 Å². The first-order chi connectivity index (χ1) is 11.5. The molecule has 2 aromatic rings. The molecule has 1 aromatic heterocycles. The van der Waals surface area contributed by atoms with Gasteiger partial charge in [0.1, 0.15) is 0 Å². The van der Waals surface area contributed by atoms with E-state index in [4.69, 9.17) is 0 Å². The first-order valence-corrected chi connectivity index (χ1v) is 7.88. The Balaban J connectivity index is 2.00. The van der Waals surface area contributed by atoms with Crippen LogP contribution in [0.4, 0.5) is 10.5 Å². The van der Waals surface area contributed by atoms with Crippen LogP contribution in [0, 0.1) is 6.92 Å². The highest BCUT2D eigenvalue weighted by Crippen LogP contribution is 2.17. The van der Waals surface area contributed by atoms with Gasteiger partial charge in [-0.15, -0.1) is 0 Å². The maximum absolute atomic E-state index is 12.1. The second-order valence-corrected chi connectivity index (χ2v) is 5.46. The fourth-order valence-corrected chi connectivity index (χ4v) is 2.27. The number of pyridine rings is 1. The molecule has 6 nitrogen and oxygen atoms in total. The van der Waals surface area contributed by atoms with E-state index in [1.54, 1.807) is 24.4 Å². The highest BCUT2D eigenvalue weighted by Gasteiger charge is 2.12. The predicted octanol–water partition coefficient (Wildman–Crippen LogP) is 3.02. The van der Waals surface area contributed by atoms with Gasteiger partial charge in [0, 0.05) is 24.0 Å². The molecule has 0 aliphatic heterocycles. The molecule has 0 aliphatic carbocycles. The van der Waals surface area contributed by atoms with E-state index < -0.39 is 0 Å². The molecule has 3 N–H and O–H groups in total. The van der Waals surface area contributed by atoms with Crippen molar-refractivity contribution < 1.29 is 9.59 Å². The van der Waals surface area contributed by atoms with Crippen molar-refractivity contribution in [2.24, 2.45) is 0 Å². The number of anilines is 1. The van der Waals surface area contributed by atoms with Gasteiger partial charge in [-0.3, -0.25) is 9.78 Å². The average molecular weight is 326 g/mol. The van der Waals surface area contributed by atoms with E-state index in [1.165, 1.54) is 0 Å². The van der Waals surface area contributed by atoms with E-state index in [-0.39, 0.29) is 18.0 Å². The Morgan fingerprint density at radius 3 is 2.62 bits per heavy atom. The van der Waals surface area contributed by atoms with Gasteiger partial charge in [0.25, 0.3) is 5.91 Å². The van der Waals surface area contributed by atoms with Gasteiger partial charge in [0.2, 0.25) is 0 Å². The van der Waals surface area contributed by atoms with Crippen LogP contribution in [0.15, 0.2) is 42.6 Å². The van der Waals surface area contributed by atoms with Crippen molar-refractivity contribution in [3.05, 3.63) is 59.4 Å². The third-order valence-corrected chi connectivity index (χ3v) is 3.55. The molecule has 0 bridgehead atoms. The molecule has 0 aliphatic rings. The largest absolute Gasteiger partial charge is 0.352 e. The summed E-state index contributed by atoms with van der Waals surface area (Å²) in [4.78, 5) is 28.2. The molecule has 1 heterocycles. The van der Waals surface area contributed by atoms with Gasteiger partial charge in [0.05, 0.1) is 11.7 Å². The average Bonchev–Trinajstić information content (AvgIpc) is 2.57. The van der Waals surface area contributed by atoms with Gasteiger partial charge in [0.15, 0.2) is 0 Å². The summed E-state index contributed by atoms with van der Waals surface area (Å²) in [6, 6.07) is 10.2. The third-order valence-electron chi connectivity index (χ3n) is 3.55. The molecule has 24 heavy (non-hydrogen) atoms. The van der Waals surface area contributed by atoms with Crippen molar-refractivity contribution >= 4 is 17.6 Å². The topological polar surface area (TPSA) is 83.1 Å². The molecule has 1 atom stereocenters. The van der Waals surface area contributed by atoms with Crippen LogP contribution in [-0.4, -0.2) is 23.5 Å². The van der Waals surface area contributed by atoms with Crippen LogP contribution in [0.25, 0.3) is 0 Å². The lowest BCUT2D eigenvalue weighted by Gasteiger charge is -2.15. The Morgan fingerprint density at radius 2 is 2.00 bits per heavy atom. The summed E-state index contributed by atoms with van der Waals surface area (Å²) in [7, 11) is 0. The summed E-state index contributed by atoms with van der Waals surface area (Å²) in [5, 5.41) is 8.39. The van der Waals surface area contributed by atoms with Gasteiger partial charge in [-0.1, -0.05) is 6.07 Å². The Labute approximate surface area is 141 Å². The van der Waals surface area contributed by atoms with Gasteiger partial charge in [-0.05, 0) is 56.7 Å². The SMILES string of the molecule is CCNC(=O)c1ccc(NC(=O)N[C@H](C)c2ccccn2)c(C)c1. The maximum Gasteiger partial charge on any atom is 0.319 e. The van der Waals surface area contributed by atoms with Crippen molar-refractivity contribution in [1.82, 2.24) is 15.6 Å². The summed E-state index contributed by atoms with van der Waals surface area (Å²) in [5.74, 6) is -0.125. The number of benzene rings is 1. The maximum atomic E-state index is 12.1. The monoisotopic (exact) mass is 326 g/mol. The highest BCUT2D eigenvalue weighted by molar-refractivity contribution is 5.96. The van der Waals surface area contributed by atoms with Crippen LogP contribution in [0.3, 0.4) is 0 Å². The zero-order valence-corrected chi connectivity index (χ0v) is 14.1. The zero-order valence-electron chi connectivity index (χ0n) is 14.1. The van der Waals surface area contributed by atoms with E-state index in [9.17, 15) is 9.59 Å². The Morgan fingerprint density at radius 1 is 1.21 bits per heavy atom. The number of nitrogens with zero attached hydrogens (tertiary/aromatic N) is 1. The van der Waals surface area contributed by atoms with E-state index in [0.717, 1.165) is 11.3 Å². The van der Waals surface area contributed by atoms with Crippen molar-refractivity contribution in [3.8, 4) is 0 Å². The van der Waals surface area contributed by atoms with Gasteiger partial charge >= 0.3 is 6.03 Å². The molecular formula is C18H22N4O2. The van der Waals surface area contributed by atoms with Gasteiger partial charge in [-0.25, -0.2) is 4.79 Å². The van der Waals surface area contributed by atoms with Crippen molar-refractivity contribution in [2.75, 3.05) is 11.9 Å². The number of hydrogen-bond acceptors (Lipinski definition) is 3.